The Labute approximate surface area is 149 Å². The van der Waals surface area contributed by atoms with E-state index in [0.29, 0.717) is 15.6 Å². The van der Waals surface area contributed by atoms with Gasteiger partial charge in [0.25, 0.3) is 10.0 Å². The number of aryl methyl sites for hydroxylation is 3. The molecule has 2 aromatic carbocycles. The Kier molecular flexibility index (Phi) is 4.02. The van der Waals surface area contributed by atoms with Gasteiger partial charge in [0.15, 0.2) is 0 Å². The van der Waals surface area contributed by atoms with E-state index in [1.54, 1.807) is 31.2 Å². The summed E-state index contributed by atoms with van der Waals surface area (Å²) in [6.07, 6.45) is 0. The molecule has 3 rings (SSSR count). The summed E-state index contributed by atoms with van der Waals surface area (Å²) in [6.45, 7) is 5.60. The molecule has 6 heteroatoms. The Morgan fingerprint density at radius 1 is 1.04 bits per heavy atom. The van der Waals surface area contributed by atoms with Crippen LogP contribution in [0.1, 0.15) is 22.4 Å². The number of rotatable bonds is 2. The largest absolute Gasteiger partial charge is 0.269 e. The smallest absolute Gasteiger partial charge is 0.222 e. The van der Waals surface area contributed by atoms with Crippen LogP contribution in [0.2, 0.25) is 0 Å². The summed E-state index contributed by atoms with van der Waals surface area (Å²) in [5.74, 6) is 0. The van der Waals surface area contributed by atoms with E-state index in [1.165, 1.54) is 0 Å². The first kappa shape index (κ1) is 16.7. The molecule has 0 aliphatic heterocycles. The molecule has 122 valence electrons. The molecular weight excluding hydrogens is 388 g/mol. The second-order valence-corrected chi connectivity index (χ2v) is 8.45. The molecule has 0 fully saturated rings. The van der Waals surface area contributed by atoms with E-state index in [9.17, 15) is 13.7 Å². The molecule has 0 aliphatic rings. The van der Waals surface area contributed by atoms with Crippen LogP contribution < -0.4 is 0 Å². The zero-order valence-electron chi connectivity index (χ0n) is 13.5. The molecular formula is C18H15BrN2O2S. The molecule has 1 heterocycles. The highest BCUT2D eigenvalue weighted by Gasteiger charge is 2.27. The second kappa shape index (κ2) is 5.76. The first-order valence-corrected chi connectivity index (χ1v) is 9.54. The Hall–Kier alpha value is -2.10. The lowest BCUT2D eigenvalue weighted by Crippen LogP contribution is -2.15. The minimum Gasteiger partial charge on any atom is -0.222 e. The minimum atomic E-state index is -3.88. The van der Waals surface area contributed by atoms with Gasteiger partial charge >= 0.3 is 0 Å². The average Bonchev–Trinajstić information content (AvgIpc) is 2.81. The summed E-state index contributed by atoms with van der Waals surface area (Å²) < 4.78 is 28.2. The summed E-state index contributed by atoms with van der Waals surface area (Å²) in [5, 5.41) is 10.3. The fourth-order valence-corrected chi connectivity index (χ4v) is 5.22. The molecule has 0 unspecified atom stereocenters. The standard InChI is InChI=1S/C18H15BrN2O2S/c1-11-4-6-14(7-5-11)24(22,23)21-17(10-20)13(3)15-8-12(2)9-16(19)18(15)21/h4-9H,1-3H3. The van der Waals surface area contributed by atoms with E-state index in [2.05, 4.69) is 22.0 Å². The molecule has 0 atom stereocenters. The SMILES string of the molecule is Cc1ccc(S(=O)(=O)n2c(C#N)c(C)c3cc(C)cc(Br)c32)cc1. The molecule has 0 saturated heterocycles. The molecule has 0 saturated carbocycles. The average molecular weight is 403 g/mol. The number of benzene rings is 2. The van der Waals surface area contributed by atoms with Gasteiger partial charge in [-0.3, -0.25) is 0 Å². The Balaban J connectivity index is 2.46. The van der Waals surface area contributed by atoms with Crippen LogP contribution >= 0.6 is 15.9 Å². The van der Waals surface area contributed by atoms with Crippen molar-refractivity contribution in [1.29, 1.82) is 5.26 Å². The highest BCUT2D eigenvalue weighted by atomic mass is 79.9. The highest BCUT2D eigenvalue weighted by molar-refractivity contribution is 9.10. The lowest BCUT2D eigenvalue weighted by Gasteiger charge is -2.10. The van der Waals surface area contributed by atoms with E-state index >= 15 is 0 Å². The number of hydrogen-bond acceptors (Lipinski definition) is 3. The normalized spacial score (nSPS) is 11.6. The minimum absolute atomic E-state index is 0.136. The maximum Gasteiger partial charge on any atom is 0.269 e. The van der Waals surface area contributed by atoms with Crippen LogP contribution in [0.15, 0.2) is 45.8 Å². The number of fused-ring (bicyclic) bond motifs is 1. The van der Waals surface area contributed by atoms with E-state index < -0.39 is 10.0 Å². The maximum absolute atomic E-state index is 13.2. The van der Waals surface area contributed by atoms with E-state index in [1.807, 2.05) is 26.0 Å². The fraction of sp³-hybridized carbons (Fsp3) is 0.167. The number of halogens is 1. The van der Waals surface area contributed by atoms with Crippen LogP contribution in [0, 0.1) is 32.1 Å². The molecule has 1 aromatic heterocycles. The van der Waals surface area contributed by atoms with Gasteiger partial charge in [-0.15, -0.1) is 0 Å². The predicted molar refractivity (Wildman–Crippen MR) is 97.6 cm³/mol. The van der Waals surface area contributed by atoms with Gasteiger partial charge in [-0.2, -0.15) is 5.26 Å². The van der Waals surface area contributed by atoms with Crippen LogP contribution in [0.3, 0.4) is 0 Å². The first-order valence-electron chi connectivity index (χ1n) is 7.31. The first-order chi connectivity index (χ1) is 11.3. The summed E-state index contributed by atoms with van der Waals surface area (Å²) in [5.41, 5.74) is 3.26. The third-order valence-electron chi connectivity index (χ3n) is 4.04. The van der Waals surface area contributed by atoms with Gasteiger partial charge in [-0.05, 0) is 72.1 Å². The van der Waals surface area contributed by atoms with Gasteiger partial charge in [0.2, 0.25) is 0 Å². The quantitative estimate of drug-likeness (QED) is 0.636. The molecule has 0 radical (unpaired) electrons. The van der Waals surface area contributed by atoms with Crippen molar-refractivity contribution >= 4 is 36.9 Å². The van der Waals surface area contributed by atoms with Crippen LogP contribution in [0.25, 0.3) is 10.9 Å². The van der Waals surface area contributed by atoms with Crippen molar-refractivity contribution in [3.8, 4) is 6.07 Å². The third-order valence-corrected chi connectivity index (χ3v) is 6.36. The molecule has 4 nitrogen and oxygen atoms in total. The van der Waals surface area contributed by atoms with Crippen molar-refractivity contribution in [1.82, 2.24) is 3.97 Å². The number of nitriles is 1. The molecule has 3 aromatic rings. The number of hydrogen-bond donors (Lipinski definition) is 0. The summed E-state index contributed by atoms with van der Waals surface area (Å²) in [7, 11) is -3.88. The topological polar surface area (TPSA) is 62.9 Å². The molecule has 0 spiro atoms. The Bertz CT molecular complexity index is 1100. The molecule has 0 amide bonds. The predicted octanol–water partition coefficient (Wildman–Crippen LogP) is 4.44. The van der Waals surface area contributed by atoms with Crippen molar-refractivity contribution in [3.63, 3.8) is 0 Å². The highest BCUT2D eigenvalue weighted by Crippen LogP contribution is 2.35. The van der Waals surface area contributed by atoms with Gasteiger partial charge in [-0.25, -0.2) is 12.4 Å². The Morgan fingerprint density at radius 3 is 2.25 bits per heavy atom. The fourth-order valence-electron chi connectivity index (χ4n) is 2.80. The van der Waals surface area contributed by atoms with Crippen LogP contribution in [-0.2, 0) is 10.0 Å². The molecule has 0 aliphatic carbocycles. The van der Waals surface area contributed by atoms with Crippen molar-refractivity contribution in [2.45, 2.75) is 25.7 Å². The molecule has 24 heavy (non-hydrogen) atoms. The monoisotopic (exact) mass is 402 g/mol. The second-order valence-electron chi connectivity index (χ2n) is 5.81. The van der Waals surface area contributed by atoms with Gasteiger partial charge in [-0.1, -0.05) is 17.7 Å². The van der Waals surface area contributed by atoms with Crippen LogP contribution in [0.5, 0.6) is 0 Å². The zero-order chi connectivity index (χ0) is 17.6. The van der Waals surface area contributed by atoms with E-state index in [0.717, 1.165) is 20.5 Å². The van der Waals surface area contributed by atoms with Gasteiger partial charge in [0.05, 0.1) is 10.4 Å². The lowest BCUT2D eigenvalue weighted by molar-refractivity contribution is 0.588. The Morgan fingerprint density at radius 2 is 1.67 bits per heavy atom. The van der Waals surface area contributed by atoms with E-state index in [4.69, 9.17) is 0 Å². The maximum atomic E-state index is 13.2. The van der Waals surface area contributed by atoms with Crippen LogP contribution in [0.4, 0.5) is 0 Å². The van der Waals surface area contributed by atoms with Crippen molar-refractivity contribution in [2.24, 2.45) is 0 Å². The van der Waals surface area contributed by atoms with Gasteiger partial charge in [0, 0.05) is 9.86 Å². The van der Waals surface area contributed by atoms with E-state index in [-0.39, 0.29) is 10.6 Å². The summed E-state index contributed by atoms with van der Waals surface area (Å²) in [4.78, 5) is 0.161. The third kappa shape index (κ3) is 2.45. The molecule has 0 bridgehead atoms. The lowest BCUT2D eigenvalue weighted by atomic mass is 10.1. The number of nitrogens with zero attached hydrogens (tertiary/aromatic N) is 2. The van der Waals surface area contributed by atoms with Gasteiger partial charge < -0.3 is 0 Å². The number of aromatic nitrogens is 1. The van der Waals surface area contributed by atoms with Crippen molar-refractivity contribution in [2.75, 3.05) is 0 Å². The summed E-state index contributed by atoms with van der Waals surface area (Å²) >= 11 is 3.46. The zero-order valence-corrected chi connectivity index (χ0v) is 15.9. The van der Waals surface area contributed by atoms with Crippen molar-refractivity contribution < 1.29 is 8.42 Å². The van der Waals surface area contributed by atoms with Crippen LogP contribution in [-0.4, -0.2) is 12.4 Å². The van der Waals surface area contributed by atoms with Gasteiger partial charge in [0.1, 0.15) is 11.8 Å². The van der Waals surface area contributed by atoms with Crippen molar-refractivity contribution in [3.05, 3.63) is 63.3 Å². The molecule has 0 N–H and O–H groups in total. The summed E-state index contributed by atoms with van der Waals surface area (Å²) in [6, 6.07) is 12.4.